The summed E-state index contributed by atoms with van der Waals surface area (Å²) in [7, 11) is 0. The van der Waals surface area contributed by atoms with Gasteiger partial charge in [-0.25, -0.2) is 4.79 Å². The van der Waals surface area contributed by atoms with E-state index in [9.17, 15) is 4.79 Å². The van der Waals surface area contributed by atoms with Crippen molar-refractivity contribution in [2.45, 2.75) is 19.3 Å². The van der Waals surface area contributed by atoms with E-state index in [0.717, 1.165) is 13.1 Å². The summed E-state index contributed by atoms with van der Waals surface area (Å²) in [6.45, 7) is 1.58. The summed E-state index contributed by atoms with van der Waals surface area (Å²) in [6, 6.07) is 0. The van der Waals surface area contributed by atoms with Gasteiger partial charge in [0.15, 0.2) is 0 Å². The first-order valence-electron chi connectivity index (χ1n) is 4.25. The van der Waals surface area contributed by atoms with Crippen molar-refractivity contribution in [3.8, 4) is 0 Å². The standard InChI is InChI=1S/C8H13NO2.BrH/c10-8(11)9-4-6-2-1-3-7(6)5-9;/h6-7H,1-5H2,(H,10,11);1H. The zero-order valence-electron chi connectivity index (χ0n) is 6.90. The molecule has 3 nitrogen and oxygen atoms in total. The molecule has 2 atom stereocenters. The summed E-state index contributed by atoms with van der Waals surface area (Å²) in [4.78, 5) is 12.1. The number of fused-ring (bicyclic) bond motifs is 1. The second-order valence-electron chi connectivity index (χ2n) is 3.64. The molecule has 0 spiro atoms. The molecule has 1 saturated heterocycles. The van der Waals surface area contributed by atoms with E-state index < -0.39 is 6.09 Å². The monoisotopic (exact) mass is 235 g/mol. The largest absolute Gasteiger partial charge is 0.465 e. The fourth-order valence-corrected chi connectivity index (χ4v) is 2.39. The van der Waals surface area contributed by atoms with E-state index in [1.54, 1.807) is 4.90 Å². The third-order valence-corrected chi connectivity index (χ3v) is 3.00. The zero-order valence-corrected chi connectivity index (χ0v) is 8.61. The summed E-state index contributed by atoms with van der Waals surface area (Å²) < 4.78 is 0. The van der Waals surface area contributed by atoms with Gasteiger partial charge in [0.25, 0.3) is 0 Å². The van der Waals surface area contributed by atoms with Gasteiger partial charge in [0.1, 0.15) is 0 Å². The molecule has 1 saturated carbocycles. The molecular weight excluding hydrogens is 222 g/mol. The molecule has 2 rings (SSSR count). The molecule has 1 amide bonds. The van der Waals surface area contributed by atoms with E-state index in [4.69, 9.17) is 5.11 Å². The summed E-state index contributed by atoms with van der Waals surface area (Å²) in [5.74, 6) is 1.37. The van der Waals surface area contributed by atoms with Crippen LogP contribution in [0.5, 0.6) is 0 Å². The van der Waals surface area contributed by atoms with Crippen molar-refractivity contribution in [1.29, 1.82) is 0 Å². The maximum atomic E-state index is 10.6. The predicted molar refractivity (Wildman–Crippen MR) is 50.8 cm³/mol. The van der Waals surface area contributed by atoms with Crippen molar-refractivity contribution in [1.82, 2.24) is 4.90 Å². The van der Waals surface area contributed by atoms with Crippen molar-refractivity contribution < 1.29 is 9.90 Å². The Morgan fingerprint density at radius 1 is 1.25 bits per heavy atom. The van der Waals surface area contributed by atoms with Crippen LogP contribution in [0.1, 0.15) is 19.3 Å². The van der Waals surface area contributed by atoms with E-state index in [2.05, 4.69) is 0 Å². The molecule has 0 aromatic rings. The fraction of sp³-hybridized carbons (Fsp3) is 0.875. The Bertz CT molecular complexity index is 174. The molecule has 0 bridgehead atoms. The first-order valence-corrected chi connectivity index (χ1v) is 4.25. The molecule has 0 aromatic heterocycles. The van der Waals surface area contributed by atoms with E-state index in [1.165, 1.54) is 19.3 Å². The van der Waals surface area contributed by atoms with Crippen molar-refractivity contribution in [2.24, 2.45) is 11.8 Å². The minimum atomic E-state index is -0.737. The van der Waals surface area contributed by atoms with Crippen molar-refractivity contribution in [3.63, 3.8) is 0 Å². The Kier molecular flexibility index (Phi) is 2.99. The van der Waals surface area contributed by atoms with Crippen LogP contribution in [0.25, 0.3) is 0 Å². The molecule has 2 aliphatic rings. The predicted octanol–water partition coefficient (Wildman–Crippen LogP) is 1.97. The number of rotatable bonds is 0. The highest BCUT2D eigenvalue weighted by Crippen LogP contribution is 2.37. The van der Waals surface area contributed by atoms with Gasteiger partial charge in [-0.2, -0.15) is 0 Å². The Labute approximate surface area is 82.5 Å². The molecular formula is C8H14BrNO2. The smallest absolute Gasteiger partial charge is 0.407 e. The van der Waals surface area contributed by atoms with Crippen LogP contribution in [0, 0.1) is 11.8 Å². The van der Waals surface area contributed by atoms with E-state index in [0.29, 0.717) is 11.8 Å². The Hall–Kier alpha value is -0.250. The minimum Gasteiger partial charge on any atom is -0.465 e. The summed E-state index contributed by atoms with van der Waals surface area (Å²) in [6.07, 6.45) is 3.06. The number of carboxylic acid groups (broad SMARTS) is 1. The van der Waals surface area contributed by atoms with Crippen molar-refractivity contribution >= 4 is 23.1 Å². The van der Waals surface area contributed by atoms with Gasteiger partial charge >= 0.3 is 6.09 Å². The van der Waals surface area contributed by atoms with E-state index >= 15 is 0 Å². The van der Waals surface area contributed by atoms with Crippen LogP contribution in [-0.2, 0) is 0 Å². The first kappa shape index (κ1) is 9.84. The third-order valence-electron chi connectivity index (χ3n) is 3.00. The highest BCUT2D eigenvalue weighted by Gasteiger charge is 2.37. The molecule has 1 heterocycles. The lowest BCUT2D eigenvalue weighted by Crippen LogP contribution is -2.27. The third kappa shape index (κ3) is 1.58. The van der Waals surface area contributed by atoms with E-state index in [1.807, 2.05) is 0 Å². The van der Waals surface area contributed by atoms with Gasteiger partial charge < -0.3 is 10.0 Å². The number of nitrogens with zero attached hydrogens (tertiary/aromatic N) is 1. The quantitative estimate of drug-likeness (QED) is 0.698. The fourth-order valence-electron chi connectivity index (χ4n) is 2.39. The van der Waals surface area contributed by atoms with Gasteiger partial charge in [0.05, 0.1) is 0 Å². The highest BCUT2D eigenvalue weighted by atomic mass is 79.9. The normalized spacial score (nSPS) is 32.8. The number of amides is 1. The maximum absolute atomic E-state index is 10.6. The minimum absolute atomic E-state index is 0. The first-order chi connectivity index (χ1) is 5.27. The zero-order chi connectivity index (χ0) is 7.84. The molecule has 70 valence electrons. The van der Waals surface area contributed by atoms with Crippen LogP contribution in [-0.4, -0.2) is 29.2 Å². The Morgan fingerprint density at radius 2 is 1.75 bits per heavy atom. The lowest BCUT2D eigenvalue weighted by molar-refractivity contribution is 0.152. The number of likely N-dealkylation sites (tertiary alicyclic amines) is 1. The van der Waals surface area contributed by atoms with Gasteiger partial charge in [-0.3, -0.25) is 0 Å². The number of hydrogen-bond donors (Lipinski definition) is 1. The second kappa shape index (κ2) is 3.64. The molecule has 2 unspecified atom stereocenters. The number of carbonyl (C=O) groups is 1. The van der Waals surface area contributed by atoms with Gasteiger partial charge in [-0.05, 0) is 24.7 Å². The van der Waals surface area contributed by atoms with Gasteiger partial charge in [0.2, 0.25) is 0 Å². The van der Waals surface area contributed by atoms with Crippen LogP contribution >= 0.6 is 17.0 Å². The van der Waals surface area contributed by atoms with Gasteiger partial charge in [-0.15, -0.1) is 17.0 Å². The summed E-state index contributed by atoms with van der Waals surface area (Å²) in [5, 5.41) is 8.69. The average Bonchev–Trinajstić information content (AvgIpc) is 2.40. The van der Waals surface area contributed by atoms with Crippen molar-refractivity contribution in [2.75, 3.05) is 13.1 Å². The van der Waals surface area contributed by atoms with Crippen LogP contribution in [0.15, 0.2) is 0 Å². The van der Waals surface area contributed by atoms with Crippen LogP contribution < -0.4 is 0 Å². The van der Waals surface area contributed by atoms with Crippen LogP contribution in [0.2, 0.25) is 0 Å². The number of halogens is 1. The topological polar surface area (TPSA) is 40.5 Å². The van der Waals surface area contributed by atoms with Gasteiger partial charge in [-0.1, -0.05) is 6.42 Å². The Morgan fingerprint density at radius 3 is 2.17 bits per heavy atom. The molecule has 1 aliphatic heterocycles. The molecule has 12 heavy (non-hydrogen) atoms. The lowest BCUT2D eigenvalue weighted by atomic mass is 10.0. The molecule has 1 N–H and O–H groups in total. The molecule has 1 aliphatic carbocycles. The molecule has 4 heteroatoms. The lowest BCUT2D eigenvalue weighted by Gasteiger charge is -2.11. The SMILES string of the molecule is Br.O=C(O)N1CC2CCCC2C1. The number of hydrogen-bond acceptors (Lipinski definition) is 1. The van der Waals surface area contributed by atoms with Crippen LogP contribution in [0.4, 0.5) is 4.79 Å². The average molecular weight is 236 g/mol. The molecule has 0 aromatic carbocycles. The van der Waals surface area contributed by atoms with E-state index in [-0.39, 0.29) is 17.0 Å². The second-order valence-corrected chi connectivity index (χ2v) is 3.64. The molecule has 2 fully saturated rings. The molecule has 0 radical (unpaired) electrons. The maximum Gasteiger partial charge on any atom is 0.407 e. The highest BCUT2D eigenvalue weighted by molar-refractivity contribution is 8.93. The summed E-state index contributed by atoms with van der Waals surface area (Å²) in [5.41, 5.74) is 0. The van der Waals surface area contributed by atoms with Crippen LogP contribution in [0.3, 0.4) is 0 Å². The van der Waals surface area contributed by atoms with Crippen molar-refractivity contribution in [3.05, 3.63) is 0 Å². The van der Waals surface area contributed by atoms with Gasteiger partial charge in [0, 0.05) is 13.1 Å². The Balaban J connectivity index is 0.000000720. The summed E-state index contributed by atoms with van der Waals surface area (Å²) >= 11 is 0.